The minimum absolute atomic E-state index is 0.216. The lowest BCUT2D eigenvalue weighted by molar-refractivity contribution is 0.147. The molecule has 0 amide bonds. The topological polar surface area (TPSA) is 41.4 Å². The second-order valence-corrected chi connectivity index (χ2v) is 7.88. The van der Waals surface area contributed by atoms with E-state index in [1.165, 1.54) is 18.3 Å². The second kappa shape index (κ2) is 8.42. The molecular formula is C23H25F3N4. The van der Waals surface area contributed by atoms with Crippen LogP contribution in [0.5, 0.6) is 0 Å². The van der Waals surface area contributed by atoms with Crippen molar-refractivity contribution in [1.29, 1.82) is 0 Å². The number of alkyl halides is 2. The van der Waals surface area contributed by atoms with Gasteiger partial charge in [-0.2, -0.15) is 0 Å². The van der Waals surface area contributed by atoms with E-state index in [0.29, 0.717) is 11.7 Å². The molecule has 2 aromatic heterocycles. The zero-order valence-corrected chi connectivity index (χ0v) is 16.8. The third-order valence-corrected chi connectivity index (χ3v) is 5.71. The van der Waals surface area contributed by atoms with Crippen molar-refractivity contribution in [2.24, 2.45) is 0 Å². The molecule has 0 saturated heterocycles. The summed E-state index contributed by atoms with van der Waals surface area (Å²) < 4.78 is 41.0. The minimum Gasteiger partial charge on any atom is -0.382 e. The average molecular weight is 414 g/mol. The highest BCUT2D eigenvalue weighted by atomic mass is 19.3. The lowest BCUT2D eigenvalue weighted by Crippen LogP contribution is -2.36. The van der Waals surface area contributed by atoms with Crippen molar-refractivity contribution < 1.29 is 13.2 Å². The van der Waals surface area contributed by atoms with E-state index in [9.17, 15) is 13.2 Å². The largest absolute Gasteiger partial charge is 0.382 e. The van der Waals surface area contributed by atoms with Gasteiger partial charge in [0.2, 0.25) is 0 Å². The quantitative estimate of drug-likeness (QED) is 0.543. The Hall–Kier alpha value is -2.96. The van der Waals surface area contributed by atoms with Crippen molar-refractivity contribution in [3.63, 3.8) is 0 Å². The molecule has 0 radical (unpaired) electrons. The Labute approximate surface area is 173 Å². The van der Waals surface area contributed by atoms with Crippen LogP contribution in [0.1, 0.15) is 48.9 Å². The molecular weight excluding hydrogens is 389 g/mol. The Morgan fingerprint density at radius 2 is 1.87 bits per heavy atom. The van der Waals surface area contributed by atoms with E-state index >= 15 is 0 Å². The Bertz CT molecular complexity index is 1050. The van der Waals surface area contributed by atoms with Crippen LogP contribution in [0.2, 0.25) is 0 Å². The highest BCUT2D eigenvalue weighted by molar-refractivity contribution is 5.64. The first-order valence-corrected chi connectivity index (χ1v) is 10.2. The van der Waals surface area contributed by atoms with E-state index in [1.54, 1.807) is 16.5 Å². The van der Waals surface area contributed by atoms with Crippen LogP contribution in [0.15, 0.2) is 49.2 Å². The molecule has 0 aliphatic heterocycles. The summed E-state index contributed by atoms with van der Waals surface area (Å²) in [5, 5.41) is 6.97. The Balaban J connectivity index is 1.36. The highest BCUT2D eigenvalue weighted by Crippen LogP contribution is 2.26. The molecule has 30 heavy (non-hydrogen) atoms. The van der Waals surface area contributed by atoms with Crippen LogP contribution in [0.25, 0.3) is 11.3 Å². The molecule has 7 heteroatoms. The number of hydrogen-bond acceptors (Lipinski definition) is 3. The molecule has 0 spiro atoms. The number of fused-ring (bicyclic) bond motifs is 1. The number of aromatic nitrogens is 2. The van der Waals surface area contributed by atoms with E-state index in [0.717, 1.165) is 48.3 Å². The monoisotopic (exact) mass is 414 g/mol. The van der Waals surface area contributed by atoms with E-state index in [-0.39, 0.29) is 17.6 Å². The molecule has 1 fully saturated rings. The van der Waals surface area contributed by atoms with Gasteiger partial charge in [0.05, 0.1) is 0 Å². The van der Waals surface area contributed by atoms with Gasteiger partial charge in [0.25, 0.3) is 6.43 Å². The maximum atomic E-state index is 13.3. The number of rotatable bonds is 6. The summed E-state index contributed by atoms with van der Waals surface area (Å²) in [6.07, 6.45) is 2.61. The number of anilines is 1. The van der Waals surface area contributed by atoms with Crippen molar-refractivity contribution >= 4 is 17.2 Å². The summed E-state index contributed by atoms with van der Waals surface area (Å²) in [5.41, 5.74) is 2.90. The molecule has 158 valence electrons. The number of imidazole rings is 1. The molecule has 0 atom stereocenters. The first-order chi connectivity index (χ1) is 14.4. The van der Waals surface area contributed by atoms with Crippen LogP contribution < -0.4 is 10.6 Å². The normalized spacial score (nSPS) is 19.2. The molecule has 2 heterocycles. The lowest BCUT2D eigenvalue weighted by Gasteiger charge is -2.31. The first kappa shape index (κ1) is 20.3. The molecule has 4 rings (SSSR count). The van der Waals surface area contributed by atoms with Crippen LogP contribution in [0, 0.1) is 12.7 Å². The molecule has 1 saturated carbocycles. The van der Waals surface area contributed by atoms with Crippen molar-refractivity contribution in [1.82, 2.24) is 14.7 Å². The van der Waals surface area contributed by atoms with Crippen molar-refractivity contribution in [3.8, 4) is 0 Å². The molecule has 0 bridgehead atoms. The lowest BCUT2D eigenvalue weighted by atomic mass is 9.90. The average Bonchev–Trinajstić information content (AvgIpc) is 3.15. The van der Waals surface area contributed by atoms with E-state index in [4.69, 9.17) is 0 Å². The van der Waals surface area contributed by atoms with Crippen LogP contribution in [0.3, 0.4) is 0 Å². The number of benzene rings is 1. The summed E-state index contributed by atoms with van der Waals surface area (Å²) in [4.78, 5) is 3.98. The number of aryl methyl sites for hydroxylation is 1. The third-order valence-electron chi connectivity index (χ3n) is 5.71. The molecule has 1 aliphatic carbocycles. The summed E-state index contributed by atoms with van der Waals surface area (Å²) in [6.45, 7) is 6.00. The van der Waals surface area contributed by atoms with Gasteiger partial charge in [-0.05, 0) is 68.5 Å². The van der Waals surface area contributed by atoms with Gasteiger partial charge in [0.1, 0.15) is 23.0 Å². The molecule has 2 N–H and O–H groups in total. The van der Waals surface area contributed by atoms with Crippen LogP contribution in [0.4, 0.5) is 19.0 Å². The van der Waals surface area contributed by atoms with Gasteiger partial charge < -0.3 is 10.6 Å². The predicted octanol–water partition coefficient (Wildman–Crippen LogP) is 5.70. The van der Waals surface area contributed by atoms with Crippen LogP contribution in [-0.2, 0) is 0 Å². The summed E-state index contributed by atoms with van der Waals surface area (Å²) in [7, 11) is 0. The van der Waals surface area contributed by atoms with E-state index < -0.39 is 6.43 Å². The van der Waals surface area contributed by atoms with Gasteiger partial charge in [-0.3, -0.25) is 4.40 Å². The number of pyridine rings is 1. The third kappa shape index (κ3) is 4.30. The fourth-order valence-electron chi connectivity index (χ4n) is 4.13. The fraction of sp³-hybridized carbons (Fsp3) is 0.348. The fourth-order valence-corrected chi connectivity index (χ4v) is 4.13. The second-order valence-electron chi connectivity index (χ2n) is 7.88. The summed E-state index contributed by atoms with van der Waals surface area (Å²) in [6, 6.07) is 10.7. The number of nitrogens with zero attached hydrogens (tertiary/aromatic N) is 2. The van der Waals surface area contributed by atoms with Crippen molar-refractivity contribution in [3.05, 3.63) is 71.8 Å². The molecule has 4 nitrogen and oxygen atoms in total. The zero-order valence-electron chi connectivity index (χ0n) is 16.8. The Kier molecular flexibility index (Phi) is 5.70. The van der Waals surface area contributed by atoms with Gasteiger partial charge in [0, 0.05) is 29.5 Å². The van der Waals surface area contributed by atoms with E-state index in [2.05, 4.69) is 22.2 Å². The molecule has 3 aromatic rings. The van der Waals surface area contributed by atoms with E-state index in [1.807, 2.05) is 19.1 Å². The van der Waals surface area contributed by atoms with Crippen LogP contribution in [-0.4, -0.2) is 21.5 Å². The highest BCUT2D eigenvalue weighted by Gasteiger charge is 2.23. The van der Waals surface area contributed by atoms with Crippen molar-refractivity contribution in [2.75, 3.05) is 5.32 Å². The predicted molar refractivity (Wildman–Crippen MR) is 113 cm³/mol. The Morgan fingerprint density at radius 1 is 1.13 bits per heavy atom. The van der Waals surface area contributed by atoms with Crippen molar-refractivity contribution in [2.45, 2.75) is 51.1 Å². The van der Waals surface area contributed by atoms with Gasteiger partial charge >= 0.3 is 0 Å². The summed E-state index contributed by atoms with van der Waals surface area (Å²) >= 11 is 0. The SMILES string of the molecule is C=C(NC1CCC(Nc2cccc3nc(C(F)F)cn23)CC1)c1ccc(F)cc1C. The smallest absolute Gasteiger partial charge is 0.281 e. The van der Waals surface area contributed by atoms with Gasteiger partial charge in [-0.15, -0.1) is 0 Å². The number of nitrogens with one attached hydrogen (secondary N) is 2. The van der Waals surface area contributed by atoms with Crippen LogP contribution >= 0.6 is 0 Å². The molecule has 0 unspecified atom stereocenters. The maximum absolute atomic E-state index is 13.3. The van der Waals surface area contributed by atoms with Gasteiger partial charge in [-0.25, -0.2) is 18.2 Å². The Morgan fingerprint density at radius 3 is 2.57 bits per heavy atom. The zero-order chi connectivity index (χ0) is 21.3. The summed E-state index contributed by atoms with van der Waals surface area (Å²) in [5.74, 6) is 0.527. The standard InChI is InChI=1S/C23H25F3N4/c1-14-12-16(24)6-11-19(14)15(2)27-17-7-9-18(10-8-17)28-21-4-3-5-22-29-20(23(25)26)13-30(21)22/h3-6,11-13,17-18,23,27-28H,2,7-10H2,1H3. The number of hydrogen-bond donors (Lipinski definition) is 2. The number of halogens is 3. The first-order valence-electron chi connectivity index (χ1n) is 10.2. The minimum atomic E-state index is -2.59. The van der Waals surface area contributed by atoms with Gasteiger partial charge in [0.15, 0.2) is 0 Å². The molecule has 1 aliphatic rings. The maximum Gasteiger partial charge on any atom is 0.281 e. The van der Waals surface area contributed by atoms with Gasteiger partial charge in [-0.1, -0.05) is 12.6 Å². The molecule has 1 aromatic carbocycles.